The van der Waals surface area contributed by atoms with Gasteiger partial charge >= 0.3 is 0 Å². The van der Waals surface area contributed by atoms with Crippen LogP contribution in [0.3, 0.4) is 0 Å². The first-order valence-electron chi connectivity index (χ1n) is 7.88. The maximum Gasteiger partial charge on any atom is 0.269 e. The average Bonchev–Trinajstić information content (AvgIpc) is 3.18. The van der Waals surface area contributed by atoms with Crippen LogP contribution in [0.1, 0.15) is 54.2 Å². The number of carbonyl (C=O) groups is 2. The van der Waals surface area contributed by atoms with Crippen molar-refractivity contribution in [1.29, 1.82) is 0 Å². The number of rotatable bonds is 4. The minimum atomic E-state index is -0.537. The molecule has 1 aromatic rings. The fraction of sp³-hybridized carbons (Fsp3) is 0.667. The summed E-state index contributed by atoms with van der Waals surface area (Å²) in [6, 6.07) is 1.70. The fourth-order valence-electron chi connectivity index (χ4n) is 3.26. The van der Waals surface area contributed by atoms with Crippen molar-refractivity contribution < 1.29 is 14.3 Å². The van der Waals surface area contributed by atoms with Crippen molar-refractivity contribution >= 4 is 11.8 Å². The minimum absolute atomic E-state index is 0.0847. The second-order valence-electron chi connectivity index (χ2n) is 6.09. The zero-order valence-corrected chi connectivity index (χ0v) is 12.6. The Kier molecular flexibility index (Phi) is 4.42. The van der Waals surface area contributed by atoms with E-state index < -0.39 is 5.91 Å². The van der Waals surface area contributed by atoms with Gasteiger partial charge in [-0.15, -0.1) is 0 Å². The first-order valence-corrected chi connectivity index (χ1v) is 7.88. The van der Waals surface area contributed by atoms with E-state index >= 15 is 0 Å². The monoisotopic (exact) mass is 306 g/mol. The number of nitrogens with two attached hydrogens (primary N) is 1. The number of primary amides is 1. The Morgan fingerprint density at radius 1 is 1.41 bits per heavy atom. The number of hydrogen-bond donors (Lipinski definition) is 2. The standard InChI is InChI=1S/C15H22N4O3/c16-15(21)13-8-12(17-18-13)10-3-1-5-19(9-10)14(20)7-11-4-2-6-22-11/h8,10-11H,1-7,9H2,(H2,16,21)(H,17,18). The number of H-pyrrole nitrogens is 1. The van der Waals surface area contributed by atoms with Crippen LogP contribution in [0.5, 0.6) is 0 Å². The molecule has 7 nitrogen and oxygen atoms in total. The number of nitrogens with one attached hydrogen (secondary N) is 1. The number of amides is 2. The van der Waals surface area contributed by atoms with Crippen molar-refractivity contribution in [2.75, 3.05) is 19.7 Å². The molecule has 2 amide bonds. The molecule has 2 unspecified atom stereocenters. The highest BCUT2D eigenvalue weighted by molar-refractivity contribution is 5.90. The lowest BCUT2D eigenvalue weighted by Crippen LogP contribution is -2.40. The van der Waals surface area contributed by atoms with Gasteiger partial charge in [0.1, 0.15) is 5.69 Å². The fourth-order valence-corrected chi connectivity index (χ4v) is 3.26. The maximum absolute atomic E-state index is 12.4. The number of likely N-dealkylation sites (tertiary alicyclic amines) is 1. The normalized spacial score (nSPS) is 25.4. The van der Waals surface area contributed by atoms with Gasteiger partial charge in [-0.2, -0.15) is 5.10 Å². The quantitative estimate of drug-likeness (QED) is 0.858. The number of nitrogens with zero attached hydrogens (tertiary/aromatic N) is 2. The van der Waals surface area contributed by atoms with Crippen LogP contribution in [0.4, 0.5) is 0 Å². The molecule has 0 spiro atoms. The van der Waals surface area contributed by atoms with Crippen LogP contribution in [0.2, 0.25) is 0 Å². The first-order chi connectivity index (χ1) is 10.6. The third-order valence-corrected chi connectivity index (χ3v) is 4.49. The number of ether oxygens (including phenoxy) is 1. The van der Waals surface area contributed by atoms with Gasteiger partial charge in [0.25, 0.3) is 5.91 Å². The minimum Gasteiger partial charge on any atom is -0.378 e. The van der Waals surface area contributed by atoms with E-state index in [1.165, 1.54) is 0 Å². The molecule has 22 heavy (non-hydrogen) atoms. The van der Waals surface area contributed by atoms with Crippen LogP contribution < -0.4 is 5.73 Å². The molecule has 2 aliphatic rings. The van der Waals surface area contributed by atoms with Crippen LogP contribution in [0.25, 0.3) is 0 Å². The van der Waals surface area contributed by atoms with Gasteiger partial charge in [0.15, 0.2) is 0 Å². The van der Waals surface area contributed by atoms with E-state index in [-0.39, 0.29) is 23.6 Å². The van der Waals surface area contributed by atoms with Crippen molar-refractivity contribution in [1.82, 2.24) is 15.1 Å². The summed E-state index contributed by atoms with van der Waals surface area (Å²) < 4.78 is 5.54. The zero-order valence-electron chi connectivity index (χ0n) is 12.6. The summed E-state index contributed by atoms with van der Waals surface area (Å²) in [4.78, 5) is 25.4. The third kappa shape index (κ3) is 3.30. The molecule has 1 aromatic heterocycles. The SMILES string of the molecule is NC(=O)c1cc(C2CCCN(C(=O)CC3CCCO3)C2)[nH]n1. The lowest BCUT2D eigenvalue weighted by atomic mass is 9.94. The lowest BCUT2D eigenvalue weighted by molar-refractivity contribution is -0.134. The summed E-state index contributed by atoms with van der Waals surface area (Å²) in [6.45, 7) is 2.22. The largest absolute Gasteiger partial charge is 0.378 e. The molecule has 2 saturated heterocycles. The van der Waals surface area contributed by atoms with Crippen LogP contribution in [0, 0.1) is 0 Å². The number of carbonyl (C=O) groups excluding carboxylic acids is 2. The van der Waals surface area contributed by atoms with Gasteiger partial charge in [-0.3, -0.25) is 14.7 Å². The van der Waals surface area contributed by atoms with Crippen LogP contribution >= 0.6 is 0 Å². The van der Waals surface area contributed by atoms with Crippen LogP contribution in [0.15, 0.2) is 6.07 Å². The Bertz CT molecular complexity index is 551. The highest BCUT2D eigenvalue weighted by Gasteiger charge is 2.28. The average molecular weight is 306 g/mol. The van der Waals surface area contributed by atoms with Gasteiger partial charge < -0.3 is 15.4 Å². The Morgan fingerprint density at radius 2 is 2.27 bits per heavy atom. The van der Waals surface area contributed by atoms with Gasteiger partial charge in [0, 0.05) is 31.3 Å². The first kappa shape index (κ1) is 15.0. The molecule has 2 aliphatic heterocycles. The van der Waals surface area contributed by atoms with E-state index in [4.69, 9.17) is 10.5 Å². The highest BCUT2D eigenvalue weighted by Crippen LogP contribution is 2.27. The van der Waals surface area contributed by atoms with Crippen molar-refractivity contribution in [2.45, 2.75) is 44.1 Å². The molecule has 0 bridgehead atoms. The lowest BCUT2D eigenvalue weighted by Gasteiger charge is -2.32. The van der Waals surface area contributed by atoms with Crippen molar-refractivity contribution in [2.24, 2.45) is 5.73 Å². The summed E-state index contributed by atoms with van der Waals surface area (Å²) in [5.74, 6) is -0.196. The van der Waals surface area contributed by atoms with Gasteiger partial charge in [-0.25, -0.2) is 0 Å². The summed E-state index contributed by atoms with van der Waals surface area (Å²) in [5.41, 5.74) is 6.35. The molecule has 0 aromatic carbocycles. The second-order valence-corrected chi connectivity index (χ2v) is 6.09. The third-order valence-electron chi connectivity index (χ3n) is 4.49. The van der Waals surface area contributed by atoms with Gasteiger partial charge in [-0.1, -0.05) is 0 Å². The second kappa shape index (κ2) is 6.48. The molecule has 3 N–H and O–H groups in total. The zero-order chi connectivity index (χ0) is 15.5. The van der Waals surface area contributed by atoms with Crippen LogP contribution in [-0.2, 0) is 9.53 Å². The molecule has 2 atom stereocenters. The van der Waals surface area contributed by atoms with Crippen LogP contribution in [-0.4, -0.2) is 52.7 Å². The van der Waals surface area contributed by atoms with Gasteiger partial charge in [0.2, 0.25) is 5.91 Å². The molecule has 0 aliphatic carbocycles. The number of aromatic amines is 1. The molecule has 0 saturated carbocycles. The molecule has 0 radical (unpaired) electrons. The molecule has 2 fully saturated rings. The van der Waals surface area contributed by atoms with Crippen molar-refractivity contribution in [3.63, 3.8) is 0 Å². The number of piperidine rings is 1. The van der Waals surface area contributed by atoms with E-state index in [1.54, 1.807) is 6.07 Å². The summed E-state index contributed by atoms with van der Waals surface area (Å²) in [5, 5.41) is 6.80. The summed E-state index contributed by atoms with van der Waals surface area (Å²) in [7, 11) is 0. The summed E-state index contributed by atoms with van der Waals surface area (Å²) in [6.07, 6.45) is 4.51. The Balaban J connectivity index is 1.60. The Hall–Kier alpha value is -1.89. The number of hydrogen-bond acceptors (Lipinski definition) is 4. The highest BCUT2D eigenvalue weighted by atomic mass is 16.5. The topological polar surface area (TPSA) is 101 Å². The molecule has 3 rings (SSSR count). The summed E-state index contributed by atoms with van der Waals surface area (Å²) >= 11 is 0. The van der Waals surface area contributed by atoms with E-state index in [2.05, 4.69) is 10.2 Å². The van der Waals surface area contributed by atoms with E-state index in [0.29, 0.717) is 13.0 Å². The van der Waals surface area contributed by atoms with Crippen molar-refractivity contribution in [3.05, 3.63) is 17.5 Å². The number of aromatic nitrogens is 2. The van der Waals surface area contributed by atoms with E-state index in [9.17, 15) is 9.59 Å². The molecular weight excluding hydrogens is 284 g/mol. The Labute approximate surface area is 129 Å². The van der Waals surface area contributed by atoms with Gasteiger partial charge in [-0.05, 0) is 31.7 Å². The van der Waals surface area contributed by atoms with Crippen molar-refractivity contribution in [3.8, 4) is 0 Å². The molecule has 3 heterocycles. The molecular formula is C15H22N4O3. The molecule has 7 heteroatoms. The maximum atomic E-state index is 12.4. The van der Waals surface area contributed by atoms with Gasteiger partial charge in [0.05, 0.1) is 12.5 Å². The molecule has 120 valence electrons. The predicted molar refractivity (Wildman–Crippen MR) is 79.3 cm³/mol. The van der Waals surface area contributed by atoms with E-state index in [1.807, 2.05) is 4.90 Å². The predicted octanol–water partition coefficient (Wildman–Crippen LogP) is 0.784. The smallest absolute Gasteiger partial charge is 0.269 e. The van der Waals surface area contributed by atoms with E-state index in [0.717, 1.165) is 44.5 Å². The Morgan fingerprint density at radius 3 is 2.95 bits per heavy atom.